The zero-order valence-corrected chi connectivity index (χ0v) is 21.5. The van der Waals surface area contributed by atoms with Gasteiger partial charge in [-0.2, -0.15) is 0 Å². The molecule has 36 heavy (non-hydrogen) atoms. The summed E-state index contributed by atoms with van der Waals surface area (Å²) in [5.41, 5.74) is 19.4. The first-order valence-corrected chi connectivity index (χ1v) is 13.6. The van der Waals surface area contributed by atoms with Crippen LogP contribution in [0.3, 0.4) is 0 Å². The molecule has 0 spiro atoms. The summed E-state index contributed by atoms with van der Waals surface area (Å²) in [4.78, 5) is 27.8. The van der Waals surface area contributed by atoms with E-state index in [4.69, 9.17) is 17.2 Å². The molecule has 1 aliphatic rings. The lowest BCUT2D eigenvalue weighted by Crippen LogP contribution is -2.51. The number of rotatable bonds is 12. The fourth-order valence-electron chi connectivity index (χ4n) is 4.44. The van der Waals surface area contributed by atoms with Crippen molar-refractivity contribution in [1.29, 1.82) is 0 Å². The van der Waals surface area contributed by atoms with Crippen LogP contribution in [0.4, 0.5) is 5.69 Å². The highest BCUT2D eigenvalue weighted by molar-refractivity contribution is 7.89. The molecule has 2 atom stereocenters. The highest BCUT2D eigenvalue weighted by atomic mass is 32.2. The molecule has 196 valence electrons. The number of anilines is 1. The summed E-state index contributed by atoms with van der Waals surface area (Å²) < 4.78 is 16.4. The zero-order chi connectivity index (χ0) is 25.9. The van der Waals surface area contributed by atoms with Gasteiger partial charge in [0.15, 0.2) is 4.90 Å². The molecule has 2 aromatic carbocycles. The van der Waals surface area contributed by atoms with E-state index in [1.165, 1.54) is 0 Å². The molecular weight excluding hydrogens is 476 g/mol. The Morgan fingerprint density at radius 1 is 1.03 bits per heavy atom. The van der Waals surface area contributed by atoms with E-state index in [2.05, 4.69) is 10.0 Å². The van der Waals surface area contributed by atoms with Crippen LogP contribution in [0.25, 0.3) is 0 Å². The number of piperidine rings is 1. The van der Waals surface area contributed by atoms with Crippen LogP contribution in [-0.2, 0) is 33.9 Å². The lowest BCUT2D eigenvalue weighted by Gasteiger charge is -2.34. The molecule has 1 saturated heterocycles. The van der Waals surface area contributed by atoms with E-state index < -0.39 is 17.4 Å². The van der Waals surface area contributed by atoms with E-state index in [1.54, 1.807) is 24.3 Å². The van der Waals surface area contributed by atoms with Crippen molar-refractivity contribution in [3.63, 3.8) is 0 Å². The van der Waals surface area contributed by atoms with Crippen LogP contribution < -0.4 is 27.2 Å². The van der Waals surface area contributed by atoms with Crippen LogP contribution in [0, 0.1) is 5.92 Å². The van der Waals surface area contributed by atoms with Gasteiger partial charge in [0.1, 0.15) is 6.04 Å². The standard InChI is InChI=1S/C26H38N6O3S/c27-11-7-19-9-13-32(14-10-19)26(34)24(16-20-3-1-4-21(15-20)18-29)31-36(35)23-6-2-5-22(17-23)30-25(33)8-12-28/h1-6,15,17,19,24,31H,7-14,16,18,27-29H2,(H,30,33)/t24-,36?/m0/s1. The summed E-state index contributed by atoms with van der Waals surface area (Å²) in [6.45, 7) is 2.64. The Balaban J connectivity index is 1.75. The second-order valence-corrected chi connectivity index (χ2v) is 10.4. The minimum atomic E-state index is -1.67. The lowest BCUT2D eigenvalue weighted by atomic mass is 9.93. The molecule has 0 aliphatic carbocycles. The summed E-state index contributed by atoms with van der Waals surface area (Å²) in [5.74, 6) is 0.262. The summed E-state index contributed by atoms with van der Waals surface area (Å²) in [6.07, 6.45) is 3.40. The summed E-state index contributed by atoms with van der Waals surface area (Å²) in [6, 6.07) is 13.9. The van der Waals surface area contributed by atoms with Gasteiger partial charge >= 0.3 is 0 Å². The highest BCUT2D eigenvalue weighted by Gasteiger charge is 2.32. The average molecular weight is 515 g/mol. The number of amides is 2. The number of carbonyl (C=O) groups excluding carboxylic acids is 2. The number of likely N-dealkylation sites (tertiary alicyclic amines) is 1. The first-order valence-electron chi connectivity index (χ1n) is 12.5. The number of carbonyl (C=O) groups is 2. The third-order valence-electron chi connectivity index (χ3n) is 6.42. The maximum Gasteiger partial charge on any atom is 0.244 e. The van der Waals surface area contributed by atoms with Crippen LogP contribution in [0.1, 0.15) is 36.8 Å². The molecule has 0 radical (unpaired) electrons. The Labute approximate surface area is 216 Å². The fourth-order valence-corrected chi connectivity index (χ4v) is 5.45. The molecule has 10 heteroatoms. The molecule has 8 N–H and O–H groups in total. The van der Waals surface area contributed by atoms with Crippen molar-refractivity contribution >= 4 is 28.9 Å². The molecule has 3 rings (SSSR count). The van der Waals surface area contributed by atoms with Crippen molar-refractivity contribution in [2.45, 2.75) is 49.6 Å². The molecule has 2 aromatic rings. The van der Waals surface area contributed by atoms with E-state index in [0.29, 0.717) is 49.1 Å². The number of nitrogens with zero attached hydrogens (tertiary/aromatic N) is 1. The van der Waals surface area contributed by atoms with E-state index in [9.17, 15) is 14.1 Å². The highest BCUT2D eigenvalue weighted by Crippen LogP contribution is 2.22. The summed E-state index contributed by atoms with van der Waals surface area (Å²) in [5, 5.41) is 2.76. The summed E-state index contributed by atoms with van der Waals surface area (Å²) in [7, 11) is 0. The Morgan fingerprint density at radius 2 is 1.75 bits per heavy atom. The SMILES string of the molecule is NCCC(=O)Nc1cccc([S+]([O-])N[C@@H](Cc2cccc(CN)c2)C(=O)N2CCC(CCN)CC2)c1. The normalized spacial score (nSPS) is 15.9. The van der Waals surface area contributed by atoms with Crippen LogP contribution >= 0.6 is 0 Å². The molecule has 1 aliphatic heterocycles. The Morgan fingerprint density at radius 3 is 2.44 bits per heavy atom. The van der Waals surface area contributed by atoms with Crippen LogP contribution in [0.5, 0.6) is 0 Å². The second-order valence-electron chi connectivity index (χ2n) is 9.13. The Bertz CT molecular complexity index is 999. The molecular formula is C26H38N6O3S. The van der Waals surface area contributed by atoms with Gasteiger partial charge in [-0.05, 0) is 55.0 Å². The predicted octanol–water partition coefficient (Wildman–Crippen LogP) is 1.24. The zero-order valence-electron chi connectivity index (χ0n) is 20.7. The van der Waals surface area contributed by atoms with Crippen LogP contribution in [0.2, 0.25) is 0 Å². The largest absolute Gasteiger partial charge is 0.593 e. The molecule has 0 saturated carbocycles. The van der Waals surface area contributed by atoms with Gasteiger partial charge < -0.3 is 32.0 Å². The molecule has 1 fully saturated rings. The van der Waals surface area contributed by atoms with Gasteiger partial charge in [0.25, 0.3) is 0 Å². The molecule has 1 heterocycles. The maximum atomic E-state index is 13.6. The van der Waals surface area contributed by atoms with Gasteiger partial charge in [0.05, 0.1) is 11.4 Å². The Kier molecular flexibility index (Phi) is 11.2. The fraction of sp³-hybridized carbons (Fsp3) is 0.462. The quantitative estimate of drug-likeness (QED) is 0.266. The van der Waals surface area contributed by atoms with Gasteiger partial charge in [-0.3, -0.25) is 9.59 Å². The van der Waals surface area contributed by atoms with Crippen molar-refractivity contribution in [3.8, 4) is 0 Å². The molecule has 9 nitrogen and oxygen atoms in total. The topological polar surface area (TPSA) is 163 Å². The summed E-state index contributed by atoms with van der Waals surface area (Å²) >= 11 is -1.67. The number of hydrogen-bond acceptors (Lipinski definition) is 7. The predicted molar refractivity (Wildman–Crippen MR) is 143 cm³/mol. The molecule has 0 aromatic heterocycles. The average Bonchev–Trinajstić information content (AvgIpc) is 2.89. The monoisotopic (exact) mass is 514 g/mol. The van der Waals surface area contributed by atoms with E-state index >= 15 is 0 Å². The minimum absolute atomic E-state index is 0.0693. The smallest absolute Gasteiger partial charge is 0.244 e. The van der Waals surface area contributed by atoms with Crippen molar-refractivity contribution in [2.24, 2.45) is 23.1 Å². The number of hydrogen-bond donors (Lipinski definition) is 5. The maximum absolute atomic E-state index is 13.6. The minimum Gasteiger partial charge on any atom is -0.593 e. The Hall–Kier alpha value is -2.47. The van der Waals surface area contributed by atoms with Gasteiger partial charge in [0.2, 0.25) is 11.8 Å². The number of nitrogens with two attached hydrogens (primary N) is 3. The third-order valence-corrected chi connectivity index (χ3v) is 7.60. The number of nitrogens with one attached hydrogen (secondary N) is 2. The van der Waals surface area contributed by atoms with Gasteiger partial charge in [-0.25, -0.2) is 0 Å². The van der Waals surface area contributed by atoms with Crippen molar-refractivity contribution in [1.82, 2.24) is 9.62 Å². The van der Waals surface area contributed by atoms with Crippen molar-refractivity contribution < 1.29 is 14.1 Å². The van der Waals surface area contributed by atoms with E-state index in [-0.39, 0.29) is 24.8 Å². The van der Waals surface area contributed by atoms with Crippen molar-refractivity contribution in [3.05, 3.63) is 59.7 Å². The lowest BCUT2D eigenvalue weighted by molar-refractivity contribution is -0.134. The van der Waals surface area contributed by atoms with E-state index in [0.717, 1.165) is 30.4 Å². The van der Waals surface area contributed by atoms with Gasteiger partial charge in [0, 0.05) is 50.8 Å². The van der Waals surface area contributed by atoms with Crippen molar-refractivity contribution in [2.75, 3.05) is 31.5 Å². The second kappa shape index (κ2) is 14.3. The van der Waals surface area contributed by atoms with Gasteiger partial charge in [-0.1, -0.05) is 30.3 Å². The van der Waals surface area contributed by atoms with Crippen LogP contribution in [0.15, 0.2) is 53.4 Å². The third kappa shape index (κ3) is 8.29. The first-order chi connectivity index (χ1) is 17.4. The van der Waals surface area contributed by atoms with Crippen LogP contribution in [-0.4, -0.2) is 53.5 Å². The first kappa shape index (κ1) is 28.1. The van der Waals surface area contributed by atoms with E-state index in [1.807, 2.05) is 29.2 Å². The molecule has 0 bridgehead atoms. The molecule has 1 unspecified atom stereocenters. The van der Waals surface area contributed by atoms with Gasteiger partial charge in [-0.15, -0.1) is 4.72 Å². The molecule has 2 amide bonds. The number of benzene rings is 2.